The molecule has 0 saturated heterocycles. The van der Waals surface area contributed by atoms with Gasteiger partial charge in [0, 0.05) is 18.7 Å². The van der Waals surface area contributed by atoms with E-state index in [2.05, 4.69) is 10.2 Å². The number of halogens is 2. The van der Waals surface area contributed by atoms with Crippen molar-refractivity contribution in [1.82, 2.24) is 10.2 Å². The van der Waals surface area contributed by atoms with E-state index in [1.165, 1.54) is 0 Å². The van der Waals surface area contributed by atoms with Crippen molar-refractivity contribution in [2.45, 2.75) is 32.7 Å². The molecule has 0 aliphatic rings. The summed E-state index contributed by atoms with van der Waals surface area (Å²) in [6.45, 7) is 4.92. The van der Waals surface area contributed by atoms with Gasteiger partial charge in [-0.3, -0.25) is 4.79 Å². The van der Waals surface area contributed by atoms with Crippen LogP contribution in [-0.4, -0.2) is 45.1 Å². The van der Waals surface area contributed by atoms with Crippen LogP contribution in [0, 0.1) is 5.41 Å². The highest BCUT2D eigenvalue weighted by atomic mass is 35.5. The summed E-state index contributed by atoms with van der Waals surface area (Å²) in [6.07, 6.45) is 1.49. The van der Waals surface area contributed by atoms with Crippen LogP contribution in [0.15, 0.2) is 24.3 Å². The molecule has 1 unspecified atom stereocenters. The molecule has 3 N–H and O–H groups in total. The summed E-state index contributed by atoms with van der Waals surface area (Å²) in [4.78, 5) is 14.7. The van der Waals surface area contributed by atoms with Crippen LogP contribution in [-0.2, 0) is 4.79 Å². The fraction of sp³-hybridized carbons (Fsp3) is 0.611. The van der Waals surface area contributed by atoms with Gasteiger partial charge in [-0.25, -0.2) is 0 Å². The van der Waals surface area contributed by atoms with Gasteiger partial charge in [0.05, 0.1) is 18.6 Å². The van der Waals surface area contributed by atoms with E-state index in [1.54, 1.807) is 7.11 Å². The van der Waals surface area contributed by atoms with E-state index < -0.39 is 5.41 Å². The largest absolute Gasteiger partial charge is 0.496 e. The zero-order valence-electron chi connectivity index (χ0n) is 15.9. The van der Waals surface area contributed by atoms with Gasteiger partial charge >= 0.3 is 0 Å². The van der Waals surface area contributed by atoms with Gasteiger partial charge in [-0.2, -0.15) is 0 Å². The fourth-order valence-electron chi connectivity index (χ4n) is 2.84. The van der Waals surface area contributed by atoms with E-state index in [4.69, 9.17) is 10.5 Å². The number of hydrogen-bond acceptors (Lipinski definition) is 4. The maximum absolute atomic E-state index is 12.6. The first-order chi connectivity index (χ1) is 11.0. The monoisotopic (exact) mass is 393 g/mol. The summed E-state index contributed by atoms with van der Waals surface area (Å²) in [6, 6.07) is 7.94. The first kappa shape index (κ1) is 26.2. The van der Waals surface area contributed by atoms with E-state index in [0.717, 1.165) is 24.2 Å². The lowest BCUT2D eigenvalue weighted by Crippen LogP contribution is -2.47. The van der Waals surface area contributed by atoms with Crippen molar-refractivity contribution in [3.8, 4) is 5.75 Å². The number of carbonyl (C=O) groups is 1. The van der Waals surface area contributed by atoms with Gasteiger partial charge in [-0.1, -0.05) is 32.0 Å². The summed E-state index contributed by atoms with van der Waals surface area (Å²) < 4.78 is 5.45. The van der Waals surface area contributed by atoms with Gasteiger partial charge < -0.3 is 20.7 Å². The maximum Gasteiger partial charge on any atom is 0.227 e. The molecule has 0 spiro atoms. The Labute approximate surface area is 164 Å². The van der Waals surface area contributed by atoms with E-state index in [1.807, 2.05) is 52.2 Å². The first-order valence-corrected chi connectivity index (χ1v) is 8.23. The van der Waals surface area contributed by atoms with Crippen LogP contribution >= 0.6 is 24.8 Å². The molecule has 25 heavy (non-hydrogen) atoms. The predicted octanol–water partition coefficient (Wildman–Crippen LogP) is 3.02. The third-order valence-corrected chi connectivity index (χ3v) is 4.80. The van der Waals surface area contributed by atoms with Gasteiger partial charge in [0.15, 0.2) is 0 Å². The topological polar surface area (TPSA) is 67.6 Å². The number of benzene rings is 1. The Morgan fingerprint density at radius 1 is 1.24 bits per heavy atom. The molecule has 0 aliphatic heterocycles. The van der Waals surface area contributed by atoms with Crippen LogP contribution in [0.4, 0.5) is 0 Å². The van der Waals surface area contributed by atoms with E-state index in [-0.39, 0.29) is 36.8 Å². The van der Waals surface area contributed by atoms with E-state index >= 15 is 0 Å². The highest BCUT2D eigenvalue weighted by Crippen LogP contribution is 2.29. The molecule has 5 nitrogen and oxygen atoms in total. The standard InChI is InChI=1S/C18H31N3O2.2ClH/c1-6-18(7-2,13-19)17(22)20-12-15(21(3)4)14-10-8-9-11-16(14)23-5;;/h8-11,15H,6-7,12-13,19H2,1-5H3,(H,20,22);2*1H. The minimum Gasteiger partial charge on any atom is -0.496 e. The minimum absolute atomic E-state index is 0. The quantitative estimate of drug-likeness (QED) is 0.676. The van der Waals surface area contributed by atoms with Crippen molar-refractivity contribution >= 4 is 30.7 Å². The minimum atomic E-state index is -0.475. The molecule has 1 amide bonds. The molecule has 0 saturated carbocycles. The number of nitrogens with two attached hydrogens (primary N) is 1. The number of rotatable bonds is 9. The Kier molecular flexibility index (Phi) is 13.0. The fourth-order valence-corrected chi connectivity index (χ4v) is 2.84. The molecule has 0 aromatic heterocycles. The summed E-state index contributed by atoms with van der Waals surface area (Å²) >= 11 is 0. The Balaban J connectivity index is 0. The molecule has 146 valence electrons. The molecule has 0 radical (unpaired) electrons. The zero-order chi connectivity index (χ0) is 17.5. The molecule has 0 bridgehead atoms. The SMILES string of the molecule is CCC(CC)(CN)C(=O)NCC(c1ccccc1OC)N(C)C.Cl.Cl. The highest BCUT2D eigenvalue weighted by Gasteiger charge is 2.33. The van der Waals surface area contributed by atoms with Crippen molar-refractivity contribution in [2.75, 3.05) is 34.3 Å². The lowest BCUT2D eigenvalue weighted by Gasteiger charge is -2.31. The molecule has 1 aromatic rings. The molecule has 1 rings (SSSR count). The number of ether oxygens (including phenoxy) is 1. The molecule has 1 atom stereocenters. The Morgan fingerprint density at radius 2 is 1.80 bits per heavy atom. The molecule has 0 fully saturated rings. The van der Waals surface area contributed by atoms with Crippen LogP contribution in [0.1, 0.15) is 38.3 Å². The van der Waals surface area contributed by atoms with Gasteiger partial charge in [0.25, 0.3) is 0 Å². The van der Waals surface area contributed by atoms with Crippen molar-refractivity contribution < 1.29 is 9.53 Å². The molecule has 0 heterocycles. The lowest BCUT2D eigenvalue weighted by atomic mass is 9.81. The highest BCUT2D eigenvalue weighted by molar-refractivity contribution is 5.85. The summed E-state index contributed by atoms with van der Waals surface area (Å²) in [5.41, 5.74) is 6.45. The van der Waals surface area contributed by atoms with Gasteiger partial charge in [-0.05, 0) is 33.0 Å². The number of nitrogens with zero attached hydrogens (tertiary/aromatic N) is 1. The smallest absolute Gasteiger partial charge is 0.227 e. The number of likely N-dealkylation sites (N-methyl/N-ethyl adjacent to an activating group) is 1. The first-order valence-electron chi connectivity index (χ1n) is 8.23. The summed E-state index contributed by atoms with van der Waals surface area (Å²) in [5.74, 6) is 0.864. The van der Waals surface area contributed by atoms with Gasteiger partial charge in [-0.15, -0.1) is 24.8 Å². The zero-order valence-corrected chi connectivity index (χ0v) is 17.5. The van der Waals surface area contributed by atoms with Crippen molar-refractivity contribution in [2.24, 2.45) is 11.1 Å². The average molecular weight is 394 g/mol. The second-order valence-electron chi connectivity index (χ2n) is 6.12. The lowest BCUT2D eigenvalue weighted by molar-refractivity contribution is -0.131. The molecular formula is C18H33Cl2N3O2. The van der Waals surface area contributed by atoms with Gasteiger partial charge in [0.1, 0.15) is 5.75 Å². The number of carbonyl (C=O) groups excluding carboxylic acids is 1. The van der Waals surface area contributed by atoms with Crippen molar-refractivity contribution in [3.63, 3.8) is 0 Å². The number of para-hydroxylation sites is 1. The number of amides is 1. The van der Waals surface area contributed by atoms with Crippen LogP contribution in [0.5, 0.6) is 5.75 Å². The summed E-state index contributed by atoms with van der Waals surface area (Å²) in [7, 11) is 5.66. The van der Waals surface area contributed by atoms with Crippen molar-refractivity contribution in [3.05, 3.63) is 29.8 Å². The maximum atomic E-state index is 12.6. The number of hydrogen-bond donors (Lipinski definition) is 2. The number of nitrogens with one attached hydrogen (secondary N) is 1. The number of methoxy groups -OCH3 is 1. The second kappa shape index (κ2) is 12.4. The van der Waals surface area contributed by atoms with Gasteiger partial charge in [0.2, 0.25) is 5.91 Å². The predicted molar refractivity (Wildman–Crippen MR) is 109 cm³/mol. The van der Waals surface area contributed by atoms with Crippen LogP contribution in [0.25, 0.3) is 0 Å². The third-order valence-electron chi connectivity index (χ3n) is 4.80. The average Bonchev–Trinajstić information content (AvgIpc) is 2.57. The molecule has 1 aromatic carbocycles. The normalized spacial score (nSPS) is 12.0. The third kappa shape index (κ3) is 6.33. The van der Waals surface area contributed by atoms with E-state index in [0.29, 0.717) is 13.1 Å². The molecular weight excluding hydrogens is 361 g/mol. The summed E-state index contributed by atoms with van der Waals surface area (Å²) in [5, 5.41) is 3.09. The van der Waals surface area contributed by atoms with Crippen LogP contribution in [0.2, 0.25) is 0 Å². The van der Waals surface area contributed by atoms with Crippen LogP contribution < -0.4 is 15.8 Å². The van der Waals surface area contributed by atoms with Crippen LogP contribution in [0.3, 0.4) is 0 Å². The molecule has 7 heteroatoms. The Morgan fingerprint density at radius 3 is 2.24 bits per heavy atom. The Hall–Kier alpha value is -1.01. The van der Waals surface area contributed by atoms with E-state index in [9.17, 15) is 4.79 Å². The van der Waals surface area contributed by atoms with Crippen molar-refractivity contribution in [1.29, 1.82) is 0 Å². The Bertz CT molecular complexity index is 501. The molecule has 0 aliphatic carbocycles. The second-order valence-corrected chi connectivity index (χ2v) is 6.12.